The zero-order valence-corrected chi connectivity index (χ0v) is 16.0. The van der Waals surface area contributed by atoms with Crippen molar-refractivity contribution in [2.75, 3.05) is 0 Å². The van der Waals surface area contributed by atoms with Crippen LogP contribution in [0.3, 0.4) is 0 Å². The van der Waals surface area contributed by atoms with E-state index in [2.05, 4.69) is 4.99 Å². The third-order valence-corrected chi connectivity index (χ3v) is 4.59. The second kappa shape index (κ2) is 7.54. The van der Waals surface area contributed by atoms with E-state index < -0.39 is 10.9 Å². The number of non-ortho nitro benzene ring substituents is 1. The molecule has 2 aromatic carbocycles. The second-order valence-corrected chi connectivity index (χ2v) is 6.81. The molecular formula is C20H10Cl2N2O5. The number of nitro benzene ring substituents is 1. The lowest BCUT2D eigenvalue weighted by Crippen LogP contribution is -2.05. The first-order valence-electron chi connectivity index (χ1n) is 8.23. The number of nitro groups is 1. The van der Waals surface area contributed by atoms with Crippen LogP contribution in [0.1, 0.15) is 11.3 Å². The molecule has 3 aromatic rings. The van der Waals surface area contributed by atoms with Gasteiger partial charge in [-0.15, -0.1) is 0 Å². The molecule has 2 heterocycles. The third-order valence-electron chi connectivity index (χ3n) is 4.02. The van der Waals surface area contributed by atoms with Crippen LogP contribution in [0.15, 0.2) is 69.7 Å². The summed E-state index contributed by atoms with van der Waals surface area (Å²) in [5.41, 5.74) is 0.803. The quantitative estimate of drug-likeness (QED) is 0.236. The van der Waals surface area contributed by atoms with Gasteiger partial charge in [0.1, 0.15) is 11.5 Å². The fourth-order valence-electron chi connectivity index (χ4n) is 2.68. The third kappa shape index (κ3) is 3.91. The van der Waals surface area contributed by atoms with Crippen molar-refractivity contribution in [2.24, 2.45) is 4.99 Å². The predicted octanol–water partition coefficient (Wildman–Crippen LogP) is 5.51. The van der Waals surface area contributed by atoms with Gasteiger partial charge in [-0.2, -0.15) is 0 Å². The van der Waals surface area contributed by atoms with E-state index in [9.17, 15) is 14.9 Å². The van der Waals surface area contributed by atoms with Crippen molar-refractivity contribution in [3.63, 3.8) is 0 Å². The average molecular weight is 429 g/mol. The van der Waals surface area contributed by atoms with Gasteiger partial charge >= 0.3 is 5.97 Å². The number of rotatable bonds is 4. The average Bonchev–Trinajstić information content (AvgIpc) is 3.31. The highest BCUT2D eigenvalue weighted by Gasteiger charge is 2.25. The van der Waals surface area contributed by atoms with Gasteiger partial charge in [0.2, 0.25) is 5.90 Å². The molecule has 7 nitrogen and oxygen atoms in total. The molecule has 0 saturated carbocycles. The SMILES string of the molecule is O=C1OC(c2cccc([N+](=O)[O-])c2)=N/C1=C\c1ccc(-c2cc(Cl)ccc2Cl)o1. The van der Waals surface area contributed by atoms with Crippen LogP contribution in [-0.4, -0.2) is 16.8 Å². The molecule has 9 heteroatoms. The molecule has 1 aliphatic heterocycles. The number of halogens is 2. The van der Waals surface area contributed by atoms with E-state index >= 15 is 0 Å². The van der Waals surface area contributed by atoms with E-state index in [0.29, 0.717) is 32.7 Å². The van der Waals surface area contributed by atoms with Crippen LogP contribution < -0.4 is 0 Å². The zero-order chi connectivity index (χ0) is 20.5. The predicted molar refractivity (Wildman–Crippen MR) is 108 cm³/mol. The molecule has 29 heavy (non-hydrogen) atoms. The van der Waals surface area contributed by atoms with E-state index in [0.717, 1.165) is 0 Å². The second-order valence-electron chi connectivity index (χ2n) is 5.97. The van der Waals surface area contributed by atoms with E-state index in [1.165, 1.54) is 24.3 Å². The van der Waals surface area contributed by atoms with Crippen molar-refractivity contribution < 1.29 is 18.9 Å². The zero-order valence-electron chi connectivity index (χ0n) is 14.5. The summed E-state index contributed by atoms with van der Waals surface area (Å²) in [4.78, 5) is 26.6. The number of ether oxygens (including phenoxy) is 1. The molecule has 0 radical (unpaired) electrons. The van der Waals surface area contributed by atoms with Gasteiger partial charge in [0.15, 0.2) is 5.70 Å². The number of esters is 1. The highest BCUT2D eigenvalue weighted by atomic mass is 35.5. The Kier molecular flexibility index (Phi) is 4.92. The lowest BCUT2D eigenvalue weighted by Gasteiger charge is -2.01. The molecule has 0 atom stereocenters. The van der Waals surface area contributed by atoms with Crippen molar-refractivity contribution in [3.8, 4) is 11.3 Å². The van der Waals surface area contributed by atoms with E-state index in [4.69, 9.17) is 32.4 Å². The molecule has 0 unspecified atom stereocenters. The monoisotopic (exact) mass is 428 g/mol. The van der Waals surface area contributed by atoms with Gasteiger partial charge in [-0.3, -0.25) is 10.1 Å². The first-order chi connectivity index (χ1) is 13.9. The van der Waals surface area contributed by atoms with E-state index in [1.807, 2.05) is 0 Å². The van der Waals surface area contributed by atoms with Gasteiger partial charge in [0.25, 0.3) is 5.69 Å². The van der Waals surface area contributed by atoms with Crippen LogP contribution >= 0.6 is 23.2 Å². The van der Waals surface area contributed by atoms with Crippen LogP contribution in [0.2, 0.25) is 10.0 Å². The molecule has 1 aliphatic rings. The van der Waals surface area contributed by atoms with Gasteiger partial charge in [-0.1, -0.05) is 29.3 Å². The van der Waals surface area contributed by atoms with Crippen LogP contribution in [0.5, 0.6) is 0 Å². The number of hydrogen-bond donors (Lipinski definition) is 0. The Labute approximate surface area is 174 Å². The highest BCUT2D eigenvalue weighted by Crippen LogP contribution is 2.32. The molecule has 4 rings (SSSR count). The lowest BCUT2D eigenvalue weighted by molar-refractivity contribution is -0.384. The molecule has 0 bridgehead atoms. The summed E-state index contributed by atoms with van der Waals surface area (Å²) in [5, 5.41) is 11.9. The Morgan fingerprint density at radius 3 is 2.69 bits per heavy atom. The summed E-state index contributed by atoms with van der Waals surface area (Å²) in [5.74, 6) is 0.116. The number of carbonyl (C=O) groups excluding carboxylic acids is 1. The highest BCUT2D eigenvalue weighted by molar-refractivity contribution is 6.35. The van der Waals surface area contributed by atoms with Crippen molar-refractivity contribution in [1.82, 2.24) is 0 Å². The topological polar surface area (TPSA) is 94.9 Å². The number of furan rings is 1. The molecule has 0 spiro atoms. The van der Waals surface area contributed by atoms with Gasteiger partial charge in [-0.05, 0) is 36.4 Å². The Morgan fingerprint density at radius 1 is 1.07 bits per heavy atom. The van der Waals surface area contributed by atoms with Crippen LogP contribution in [0.25, 0.3) is 17.4 Å². The number of carbonyl (C=O) groups is 1. The summed E-state index contributed by atoms with van der Waals surface area (Å²) in [6.45, 7) is 0. The summed E-state index contributed by atoms with van der Waals surface area (Å²) < 4.78 is 10.9. The fraction of sp³-hybridized carbons (Fsp3) is 0. The van der Waals surface area contributed by atoms with Crippen molar-refractivity contribution in [2.45, 2.75) is 0 Å². The Balaban J connectivity index is 1.64. The van der Waals surface area contributed by atoms with E-state index in [-0.39, 0.29) is 17.3 Å². The Morgan fingerprint density at radius 2 is 1.90 bits per heavy atom. The summed E-state index contributed by atoms with van der Waals surface area (Å²) >= 11 is 12.2. The maximum Gasteiger partial charge on any atom is 0.363 e. The molecule has 144 valence electrons. The molecule has 0 N–H and O–H groups in total. The standard InChI is InChI=1S/C20H10Cl2N2O5/c21-12-4-6-16(22)15(9-12)18-7-5-14(28-18)10-17-20(25)29-19(23-17)11-2-1-3-13(8-11)24(26)27/h1-10H/b17-10-. The van der Waals surface area contributed by atoms with Gasteiger partial charge < -0.3 is 9.15 Å². The summed E-state index contributed by atoms with van der Waals surface area (Å²) in [7, 11) is 0. The van der Waals surface area contributed by atoms with Crippen LogP contribution in [0.4, 0.5) is 5.69 Å². The normalized spacial score (nSPS) is 14.8. The maximum atomic E-state index is 12.1. The molecular weight excluding hydrogens is 419 g/mol. The summed E-state index contributed by atoms with van der Waals surface area (Å²) in [6, 6.07) is 14.0. The fourth-order valence-corrected chi connectivity index (χ4v) is 3.06. The van der Waals surface area contributed by atoms with Gasteiger partial charge in [0, 0.05) is 34.4 Å². The summed E-state index contributed by atoms with van der Waals surface area (Å²) in [6.07, 6.45) is 1.41. The number of aliphatic imine (C=N–C) groups is 1. The van der Waals surface area contributed by atoms with Crippen molar-refractivity contribution in [3.05, 3.63) is 91.8 Å². The first kappa shape index (κ1) is 18.9. The molecule has 0 saturated heterocycles. The first-order valence-corrected chi connectivity index (χ1v) is 8.99. The number of benzene rings is 2. The van der Waals surface area contributed by atoms with Crippen molar-refractivity contribution in [1.29, 1.82) is 0 Å². The van der Waals surface area contributed by atoms with Gasteiger partial charge in [-0.25, -0.2) is 9.79 Å². The molecule has 1 aromatic heterocycles. The van der Waals surface area contributed by atoms with Crippen molar-refractivity contribution >= 4 is 46.8 Å². The van der Waals surface area contributed by atoms with E-state index in [1.54, 1.807) is 36.4 Å². The molecule has 0 fully saturated rings. The van der Waals surface area contributed by atoms with Crippen LogP contribution in [0, 0.1) is 10.1 Å². The van der Waals surface area contributed by atoms with Gasteiger partial charge in [0.05, 0.1) is 9.95 Å². The number of cyclic esters (lactones) is 1. The number of hydrogen-bond acceptors (Lipinski definition) is 6. The smallest absolute Gasteiger partial charge is 0.363 e. The maximum absolute atomic E-state index is 12.1. The lowest BCUT2D eigenvalue weighted by atomic mass is 10.2. The minimum atomic E-state index is -0.690. The minimum absolute atomic E-state index is 0.00426. The molecule has 0 amide bonds. The minimum Gasteiger partial charge on any atom is -0.457 e. The Hall–Kier alpha value is -3.42. The Bertz CT molecular complexity index is 1210. The number of nitrogens with zero attached hydrogens (tertiary/aromatic N) is 2. The largest absolute Gasteiger partial charge is 0.457 e. The molecule has 0 aliphatic carbocycles. The van der Waals surface area contributed by atoms with Crippen LogP contribution in [-0.2, 0) is 9.53 Å².